The van der Waals surface area contributed by atoms with Gasteiger partial charge >= 0.3 is 18.2 Å². The predicted molar refractivity (Wildman–Crippen MR) is 72.2 cm³/mol. The topological polar surface area (TPSA) is 69.6 Å². The summed E-state index contributed by atoms with van der Waals surface area (Å²) < 4.78 is 38.4. The molecular formula is C14H21F3N2O3. The number of nitrogens with one attached hydrogen (secondary N) is 1. The maximum Gasteiger partial charge on any atom is 0.393 e. The molecule has 5 nitrogen and oxygen atoms in total. The highest BCUT2D eigenvalue weighted by Gasteiger charge is 2.49. The van der Waals surface area contributed by atoms with Gasteiger partial charge in [0, 0.05) is 18.6 Å². The summed E-state index contributed by atoms with van der Waals surface area (Å²) in [6.45, 7) is 1.52. The van der Waals surface area contributed by atoms with Gasteiger partial charge in [-0.1, -0.05) is 0 Å². The molecule has 1 saturated carbocycles. The van der Waals surface area contributed by atoms with Crippen molar-refractivity contribution < 1.29 is 27.9 Å². The zero-order valence-corrected chi connectivity index (χ0v) is 12.4. The zero-order valence-electron chi connectivity index (χ0n) is 12.4. The third-order valence-electron chi connectivity index (χ3n) is 4.84. The first-order chi connectivity index (χ1) is 10.2. The Hall–Kier alpha value is -1.47. The van der Waals surface area contributed by atoms with Crippen molar-refractivity contribution in [3.8, 4) is 0 Å². The average molecular weight is 322 g/mol. The Balaban J connectivity index is 1.85. The number of halogens is 3. The molecule has 0 aromatic rings. The second kappa shape index (κ2) is 6.34. The molecule has 0 spiro atoms. The predicted octanol–water partition coefficient (Wildman–Crippen LogP) is 2.61. The summed E-state index contributed by atoms with van der Waals surface area (Å²) in [4.78, 5) is 24.2. The van der Waals surface area contributed by atoms with E-state index in [0.717, 1.165) is 0 Å². The zero-order chi connectivity index (χ0) is 16.5. The fourth-order valence-electron chi connectivity index (χ4n) is 3.41. The Labute approximate surface area is 126 Å². The maximum absolute atomic E-state index is 12.8. The van der Waals surface area contributed by atoms with Gasteiger partial charge in [0.25, 0.3) is 0 Å². The van der Waals surface area contributed by atoms with Crippen LogP contribution in [0.5, 0.6) is 0 Å². The molecule has 0 aromatic heterocycles. The van der Waals surface area contributed by atoms with Gasteiger partial charge in [0.2, 0.25) is 0 Å². The molecule has 2 amide bonds. The van der Waals surface area contributed by atoms with Crippen LogP contribution in [0, 0.1) is 11.8 Å². The minimum atomic E-state index is -4.28. The fourth-order valence-corrected chi connectivity index (χ4v) is 3.41. The van der Waals surface area contributed by atoms with E-state index in [1.54, 1.807) is 0 Å². The van der Waals surface area contributed by atoms with Crippen molar-refractivity contribution in [2.45, 2.75) is 57.3 Å². The normalized spacial score (nSPS) is 32.8. The van der Waals surface area contributed by atoms with E-state index < -0.39 is 30.1 Å². The SMILES string of the molecule is CC1C(C(F)(F)F)CCN1C(=O)NC1CCC(C(=O)O)CC1. The lowest BCUT2D eigenvalue weighted by Crippen LogP contribution is -2.49. The largest absolute Gasteiger partial charge is 0.481 e. The van der Waals surface area contributed by atoms with Crippen molar-refractivity contribution in [1.82, 2.24) is 10.2 Å². The molecule has 0 radical (unpaired) electrons. The summed E-state index contributed by atoms with van der Waals surface area (Å²) in [6.07, 6.45) is -2.28. The van der Waals surface area contributed by atoms with Crippen LogP contribution in [0.3, 0.4) is 0 Å². The number of alkyl halides is 3. The number of carboxylic acids is 1. The van der Waals surface area contributed by atoms with Crippen molar-refractivity contribution in [3.05, 3.63) is 0 Å². The fraction of sp³-hybridized carbons (Fsp3) is 0.857. The van der Waals surface area contributed by atoms with Crippen molar-refractivity contribution in [3.63, 3.8) is 0 Å². The summed E-state index contributed by atoms with van der Waals surface area (Å²) in [5, 5.41) is 11.7. The second-order valence-electron chi connectivity index (χ2n) is 6.21. The van der Waals surface area contributed by atoms with E-state index in [9.17, 15) is 22.8 Å². The second-order valence-corrected chi connectivity index (χ2v) is 6.21. The van der Waals surface area contributed by atoms with Crippen molar-refractivity contribution in [2.24, 2.45) is 11.8 Å². The minimum Gasteiger partial charge on any atom is -0.481 e. The van der Waals surface area contributed by atoms with Crippen molar-refractivity contribution in [2.75, 3.05) is 6.54 Å². The molecule has 0 bridgehead atoms. The molecule has 1 heterocycles. The van der Waals surface area contributed by atoms with Gasteiger partial charge in [0.05, 0.1) is 11.8 Å². The number of amides is 2. The van der Waals surface area contributed by atoms with Crippen LogP contribution in [0.2, 0.25) is 0 Å². The van der Waals surface area contributed by atoms with Gasteiger partial charge in [0.15, 0.2) is 0 Å². The number of carboxylic acid groups (broad SMARTS) is 1. The highest BCUT2D eigenvalue weighted by molar-refractivity contribution is 5.75. The van der Waals surface area contributed by atoms with Crippen LogP contribution in [0.25, 0.3) is 0 Å². The van der Waals surface area contributed by atoms with Gasteiger partial charge < -0.3 is 15.3 Å². The molecule has 2 unspecified atom stereocenters. The van der Waals surface area contributed by atoms with Crippen LogP contribution in [0.1, 0.15) is 39.0 Å². The minimum absolute atomic E-state index is 0.0656. The first kappa shape index (κ1) is 16.9. The molecule has 8 heteroatoms. The smallest absolute Gasteiger partial charge is 0.393 e. The standard InChI is InChI=1S/C14H21F3N2O3/c1-8-11(14(15,16)17)6-7-19(8)13(22)18-10-4-2-9(3-5-10)12(20)21/h8-11H,2-7H2,1H3,(H,18,22)(H,20,21). The van der Waals surface area contributed by atoms with E-state index in [2.05, 4.69) is 5.32 Å². The number of hydrogen-bond donors (Lipinski definition) is 2. The van der Waals surface area contributed by atoms with Crippen LogP contribution in [-0.4, -0.2) is 46.8 Å². The first-order valence-corrected chi connectivity index (χ1v) is 7.56. The Morgan fingerprint density at radius 2 is 1.73 bits per heavy atom. The number of hydrogen-bond acceptors (Lipinski definition) is 2. The molecular weight excluding hydrogens is 301 g/mol. The molecule has 2 rings (SSSR count). The van der Waals surface area contributed by atoms with E-state index in [4.69, 9.17) is 5.11 Å². The third-order valence-corrected chi connectivity index (χ3v) is 4.84. The Morgan fingerprint density at radius 1 is 1.14 bits per heavy atom. The summed E-state index contributed by atoms with van der Waals surface area (Å²) in [6, 6.07) is -1.49. The van der Waals surface area contributed by atoms with Gasteiger partial charge in [-0.3, -0.25) is 4.79 Å². The number of aliphatic carboxylic acids is 1. The average Bonchev–Trinajstić information content (AvgIpc) is 2.81. The van der Waals surface area contributed by atoms with Crippen LogP contribution in [0.15, 0.2) is 0 Å². The van der Waals surface area contributed by atoms with Crippen molar-refractivity contribution >= 4 is 12.0 Å². The highest BCUT2D eigenvalue weighted by Crippen LogP contribution is 2.38. The molecule has 2 aliphatic rings. The van der Waals surface area contributed by atoms with Gasteiger partial charge in [0.1, 0.15) is 0 Å². The first-order valence-electron chi connectivity index (χ1n) is 7.56. The van der Waals surface area contributed by atoms with Crippen LogP contribution in [-0.2, 0) is 4.79 Å². The summed E-state index contributed by atoms with van der Waals surface area (Å²) >= 11 is 0. The molecule has 2 N–H and O–H groups in total. The molecule has 2 fully saturated rings. The Morgan fingerprint density at radius 3 is 2.18 bits per heavy atom. The van der Waals surface area contributed by atoms with Gasteiger partial charge in [-0.05, 0) is 39.0 Å². The molecule has 126 valence electrons. The highest BCUT2D eigenvalue weighted by atomic mass is 19.4. The lowest BCUT2D eigenvalue weighted by atomic mass is 9.86. The van der Waals surface area contributed by atoms with E-state index >= 15 is 0 Å². The van der Waals surface area contributed by atoms with Crippen LogP contribution < -0.4 is 5.32 Å². The molecule has 1 aliphatic heterocycles. The van der Waals surface area contributed by atoms with Gasteiger partial charge in [-0.15, -0.1) is 0 Å². The third kappa shape index (κ3) is 3.64. The number of urea groups is 1. The lowest BCUT2D eigenvalue weighted by molar-refractivity contribution is -0.177. The number of likely N-dealkylation sites (tertiary alicyclic amines) is 1. The molecule has 0 aromatic carbocycles. The molecule has 1 saturated heterocycles. The molecule has 2 atom stereocenters. The number of rotatable bonds is 2. The van der Waals surface area contributed by atoms with Crippen LogP contribution >= 0.6 is 0 Å². The summed E-state index contributed by atoms with van der Waals surface area (Å²) in [5.74, 6) is -2.68. The number of nitrogens with zero attached hydrogens (tertiary/aromatic N) is 1. The Bertz CT molecular complexity index is 434. The number of carbonyl (C=O) groups is 2. The van der Waals surface area contributed by atoms with E-state index in [-0.39, 0.29) is 24.9 Å². The van der Waals surface area contributed by atoms with Crippen molar-refractivity contribution in [1.29, 1.82) is 0 Å². The molecule has 22 heavy (non-hydrogen) atoms. The van der Waals surface area contributed by atoms with E-state index in [1.807, 2.05) is 0 Å². The van der Waals surface area contributed by atoms with Gasteiger partial charge in [-0.25, -0.2) is 4.79 Å². The maximum atomic E-state index is 12.8. The lowest BCUT2D eigenvalue weighted by Gasteiger charge is -2.31. The summed E-state index contributed by atoms with van der Waals surface area (Å²) in [5.41, 5.74) is 0. The summed E-state index contributed by atoms with van der Waals surface area (Å²) in [7, 11) is 0. The van der Waals surface area contributed by atoms with E-state index in [0.29, 0.717) is 25.7 Å². The number of carbonyl (C=O) groups excluding carboxylic acids is 1. The Kier molecular flexibility index (Phi) is 4.87. The van der Waals surface area contributed by atoms with E-state index in [1.165, 1.54) is 11.8 Å². The monoisotopic (exact) mass is 322 g/mol. The molecule has 1 aliphatic carbocycles. The quantitative estimate of drug-likeness (QED) is 0.821. The van der Waals surface area contributed by atoms with Gasteiger partial charge in [-0.2, -0.15) is 13.2 Å². The van der Waals surface area contributed by atoms with Crippen LogP contribution in [0.4, 0.5) is 18.0 Å².